The Morgan fingerprint density at radius 3 is 2.68 bits per heavy atom. The summed E-state index contributed by atoms with van der Waals surface area (Å²) in [5.74, 6) is 1.12. The molecule has 2 atom stereocenters. The summed E-state index contributed by atoms with van der Waals surface area (Å²) in [7, 11) is 0. The molecule has 1 heterocycles. The first-order valence-corrected chi connectivity index (χ1v) is 9.68. The highest BCUT2D eigenvalue weighted by atomic mass is 79.9. The third-order valence-corrected chi connectivity index (χ3v) is 5.53. The van der Waals surface area contributed by atoms with Gasteiger partial charge in [-0.05, 0) is 35.6 Å². The number of nitrogens with one attached hydrogen (secondary N) is 1. The van der Waals surface area contributed by atoms with Crippen LogP contribution in [0, 0.1) is 5.92 Å². The summed E-state index contributed by atoms with van der Waals surface area (Å²) in [5, 5.41) is 3.50. The Labute approximate surface area is 158 Å². The van der Waals surface area contributed by atoms with Crippen molar-refractivity contribution in [3.63, 3.8) is 0 Å². The van der Waals surface area contributed by atoms with E-state index >= 15 is 0 Å². The van der Waals surface area contributed by atoms with Crippen molar-refractivity contribution in [1.29, 1.82) is 0 Å². The molecule has 0 radical (unpaired) electrons. The quantitative estimate of drug-likeness (QED) is 0.662. The zero-order valence-electron chi connectivity index (χ0n) is 13.4. The Hall–Kier alpha value is -2.05. The van der Waals surface area contributed by atoms with Gasteiger partial charge in [-0.2, -0.15) is 4.37 Å². The lowest BCUT2D eigenvalue weighted by molar-refractivity contribution is -0.117. The van der Waals surface area contributed by atoms with E-state index in [1.165, 1.54) is 17.1 Å². The van der Waals surface area contributed by atoms with Gasteiger partial charge in [-0.1, -0.05) is 58.4 Å². The first kappa shape index (κ1) is 16.4. The van der Waals surface area contributed by atoms with Crippen LogP contribution in [0.2, 0.25) is 0 Å². The highest BCUT2D eigenvalue weighted by molar-refractivity contribution is 9.10. The molecule has 1 fully saturated rings. The lowest BCUT2D eigenvalue weighted by Gasteiger charge is -2.01. The number of anilines is 1. The van der Waals surface area contributed by atoms with Crippen LogP contribution < -0.4 is 5.32 Å². The van der Waals surface area contributed by atoms with E-state index in [-0.39, 0.29) is 11.8 Å². The predicted molar refractivity (Wildman–Crippen MR) is 103 cm³/mol. The van der Waals surface area contributed by atoms with Crippen LogP contribution in [0.25, 0.3) is 0 Å². The molecule has 126 valence electrons. The molecule has 0 saturated heterocycles. The van der Waals surface area contributed by atoms with Gasteiger partial charge in [0.2, 0.25) is 11.0 Å². The second-order valence-electron chi connectivity index (χ2n) is 6.17. The number of rotatable bonds is 5. The minimum absolute atomic E-state index is 0.0302. The molecule has 0 unspecified atom stereocenters. The Balaban J connectivity index is 1.35. The van der Waals surface area contributed by atoms with Gasteiger partial charge in [-0.25, -0.2) is 4.98 Å². The van der Waals surface area contributed by atoms with Crippen molar-refractivity contribution in [1.82, 2.24) is 9.36 Å². The molecule has 1 aliphatic rings. The van der Waals surface area contributed by atoms with Gasteiger partial charge in [0.15, 0.2) is 0 Å². The Morgan fingerprint density at radius 1 is 1.16 bits per heavy atom. The van der Waals surface area contributed by atoms with Crippen molar-refractivity contribution in [3.05, 3.63) is 76.0 Å². The summed E-state index contributed by atoms with van der Waals surface area (Å²) in [6.45, 7) is 0. The molecule has 3 aromatic rings. The number of carbonyl (C=O) groups is 1. The number of halogens is 1. The maximum absolute atomic E-state index is 12.4. The normalized spacial score (nSPS) is 18.8. The van der Waals surface area contributed by atoms with Crippen LogP contribution >= 0.6 is 27.5 Å². The number of hydrogen-bond donors (Lipinski definition) is 1. The van der Waals surface area contributed by atoms with E-state index in [0.717, 1.165) is 22.3 Å². The van der Waals surface area contributed by atoms with E-state index in [1.54, 1.807) is 0 Å². The maximum atomic E-state index is 12.4. The van der Waals surface area contributed by atoms with Gasteiger partial charge in [0.1, 0.15) is 5.82 Å². The van der Waals surface area contributed by atoms with Crippen molar-refractivity contribution in [2.75, 3.05) is 5.32 Å². The molecule has 1 aliphatic carbocycles. The smallest absolute Gasteiger partial charge is 0.229 e. The van der Waals surface area contributed by atoms with Gasteiger partial charge in [0, 0.05) is 28.3 Å². The van der Waals surface area contributed by atoms with Gasteiger partial charge in [-0.3, -0.25) is 4.79 Å². The van der Waals surface area contributed by atoms with Crippen molar-refractivity contribution in [2.45, 2.75) is 18.8 Å². The second-order valence-corrected chi connectivity index (χ2v) is 7.84. The monoisotopic (exact) mass is 413 g/mol. The minimum Gasteiger partial charge on any atom is -0.300 e. The first-order valence-electron chi connectivity index (χ1n) is 8.12. The molecule has 0 spiro atoms. The summed E-state index contributed by atoms with van der Waals surface area (Å²) < 4.78 is 5.40. The molecular weight excluding hydrogens is 398 g/mol. The Morgan fingerprint density at radius 2 is 1.92 bits per heavy atom. The molecule has 1 N–H and O–H groups in total. The Kier molecular flexibility index (Phi) is 4.63. The summed E-state index contributed by atoms with van der Waals surface area (Å²) in [6, 6.07) is 18.3. The fourth-order valence-corrected chi connectivity index (χ4v) is 3.77. The fourth-order valence-electron chi connectivity index (χ4n) is 2.92. The summed E-state index contributed by atoms with van der Waals surface area (Å²) in [5.41, 5.74) is 2.38. The summed E-state index contributed by atoms with van der Waals surface area (Å²) in [4.78, 5) is 16.8. The third-order valence-electron chi connectivity index (χ3n) is 4.33. The number of aromatic nitrogens is 2. The standard InChI is InChI=1S/C19H16BrN3OS/c20-14-8-6-13(7-9-14)15-11-16(15)18(24)22-19-21-17(23-25-19)10-12-4-2-1-3-5-12/h1-9,15-16H,10-11H2,(H,21,22,23,24)/t15-,16+/m0/s1. The first-order chi connectivity index (χ1) is 12.2. The highest BCUT2D eigenvalue weighted by Crippen LogP contribution is 2.48. The highest BCUT2D eigenvalue weighted by Gasteiger charge is 2.44. The van der Waals surface area contributed by atoms with E-state index in [0.29, 0.717) is 17.5 Å². The number of nitrogens with zero attached hydrogens (tertiary/aromatic N) is 2. The van der Waals surface area contributed by atoms with Crippen LogP contribution in [-0.4, -0.2) is 15.3 Å². The number of carbonyl (C=O) groups excluding carboxylic acids is 1. The van der Waals surface area contributed by atoms with Crippen LogP contribution in [0.1, 0.15) is 29.3 Å². The van der Waals surface area contributed by atoms with E-state index in [4.69, 9.17) is 0 Å². The van der Waals surface area contributed by atoms with Crippen LogP contribution in [0.15, 0.2) is 59.1 Å². The Bertz CT molecular complexity index is 879. The molecule has 4 rings (SSSR count). The van der Waals surface area contributed by atoms with Gasteiger partial charge in [-0.15, -0.1) is 0 Å². The van der Waals surface area contributed by atoms with Gasteiger partial charge in [0.25, 0.3) is 0 Å². The lowest BCUT2D eigenvalue weighted by atomic mass is 10.1. The van der Waals surface area contributed by atoms with E-state index < -0.39 is 0 Å². The molecule has 2 aromatic carbocycles. The molecule has 1 aromatic heterocycles. The zero-order chi connectivity index (χ0) is 17.2. The summed E-state index contributed by atoms with van der Waals surface area (Å²) in [6.07, 6.45) is 1.57. The van der Waals surface area contributed by atoms with Crippen LogP contribution in [0.4, 0.5) is 5.13 Å². The van der Waals surface area contributed by atoms with Crippen molar-refractivity contribution in [3.8, 4) is 0 Å². The van der Waals surface area contributed by atoms with Gasteiger partial charge >= 0.3 is 0 Å². The maximum Gasteiger partial charge on any atom is 0.229 e. The number of hydrogen-bond acceptors (Lipinski definition) is 4. The lowest BCUT2D eigenvalue weighted by Crippen LogP contribution is -2.14. The third kappa shape index (κ3) is 3.96. The molecular formula is C19H16BrN3OS. The van der Waals surface area contributed by atoms with Gasteiger partial charge in [0.05, 0.1) is 0 Å². The molecule has 6 heteroatoms. The topological polar surface area (TPSA) is 54.9 Å². The minimum atomic E-state index is 0.0302. The number of benzene rings is 2. The van der Waals surface area contributed by atoms with Crippen molar-refractivity contribution in [2.24, 2.45) is 5.92 Å². The molecule has 25 heavy (non-hydrogen) atoms. The van der Waals surface area contributed by atoms with Gasteiger partial charge < -0.3 is 5.32 Å². The zero-order valence-corrected chi connectivity index (χ0v) is 15.8. The molecule has 4 nitrogen and oxygen atoms in total. The van der Waals surface area contributed by atoms with Crippen LogP contribution in [0.3, 0.4) is 0 Å². The average Bonchev–Trinajstić information content (AvgIpc) is 3.31. The second kappa shape index (κ2) is 7.06. The van der Waals surface area contributed by atoms with Crippen LogP contribution in [-0.2, 0) is 11.2 Å². The molecule has 1 amide bonds. The molecule has 1 saturated carbocycles. The summed E-state index contributed by atoms with van der Waals surface area (Å²) >= 11 is 4.68. The SMILES string of the molecule is O=C(Nc1nc(Cc2ccccc2)ns1)[C@@H]1C[C@H]1c1ccc(Br)cc1. The van der Waals surface area contributed by atoms with E-state index in [2.05, 4.69) is 42.7 Å². The number of amides is 1. The molecule has 0 aliphatic heterocycles. The fraction of sp³-hybridized carbons (Fsp3) is 0.211. The van der Waals surface area contributed by atoms with E-state index in [1.807, 2.05) is 42.5 Å². The van der Waals surface area contributed by atoms with E-state index in [9.17, 15) is 4.79 Å². The largest absolute Gasteiger partial charge is 0.300 e. The average molecular weight is 414 g/mol. The van der Waals surface area contributed by atoms with Crippen molar-refractivity contribution < 1.29 is 4.79 Å². The molecule has 0 bridgehead atoms. The predicted octanol–water partition coefficient (Wildman–Crippen LogP) is 4.63. The van der Waals surface area contributed by atoms with Crippen molar-refractivity contribution >= 4 is 38.5 Å². The van der Waals surface area contributed by atoms with Crippen LogP contribution in [0.5, 0.6) is 0 Å².